The second-order valence-electron chi connectivity index (χ2n) is 6.57. The van der Waals surface area contributed by atoms with Crippen LogP contribution in [-0.2, 0) is 14.3 Å². The van der Waals surface area contributed by atoms with E-state index in [1.165, 1.54) is 6.92 Å². The minimum Gasteiger partial charge on any atom is -0.492 e. The summed E-state index contributed by atoms with van der Waals surface area (Å²) in [5, 5.41) is 0. The van der Waals surface area contributed by atoms with Crippen LogP contribution < -0.4 is 4.90 Å². The van der Waals surface area contributed by atoms with Gasteiger partial charge in [-0.1, -0.05) is 37.3 Å². The number of imide groups is 1. The van der Waals surface area contributed by atoms with E-state index in [2.05, 4.69) is 0 Å². The van der Waals surface area contributed by atoms with Crippen molar-refractivity contribution in [3.8, 4) is 0 Å². The van der Waals surface area contributed by atoms with E-state index >= 15 is 0 Å². The lowest BCUT2D eigenvalue weighted by atomic mass is 9.97. The number of ether oxygens (including phenoxy) is 1. The van der Waals surface area contributed by atoms with Gasteiger partial charge in [-0.3, -0.25) is 14.4 Å². The lowest BCUT2D eigenvalue weighted by Crippen LogP contribution is -2.31. The van der Waals surface area contributed by atoms with E-state index in [1.807, 2.05) is 44.2 Å². The van der Waals surface area contributed by atoms with Crippen LogP contribution in [0.3, 0.4) is 0 Å². The molecule has 0 fully saturated rings. The number of Topliss-reactive ketones (excluding diaryl/α,β-unsaturated/α-hetero) is 1. The molecule has 1 aliphatic rings. The molecule has 0 spiro atoms. The van der Waals surface area contributed by atoms with E-state index in [0.717, 1.165) is 16.9 Å². The summed E-state index contributed by atoms with van der Waals surface area (Å²) in [6.45, 7) is 5.50. The molecule has 0 aromatic heterocycles. The molecular weight excluding hydrogens is 354 g/mol. The van der Waals surface area contributed by atoms with Crippen LogP contribution in [0.4, 0.5) is 5.69 Å². The molecule has 144 valence electrons. The summed E-state index contributed by atoms with van der Waals surface area (Å²) >= 11 is 0. The van der Waals surface area contributed by atoms with Gasteiger partial charge in [-0.05, 0) is 31.5 Å². The fourth-order valence-electron chi connectivity index (χ4n) is 3.38. The number of carbonyl (C=O) groups is 3. The number of amides is 2. The van der Waals surface area contributed by atoms with Gasteiger partial charge >= 0.3 is 0 Å². The lowest BCUT2D eigenvalue weighted by molar-refractivity contribution is -0.122. The lowest BCUT2D eigenvalue weighted by Gasteiger charge is -2.13. The van der Waals surface area contributed by atoms with Crippen LogP contribution in [0.25, 0.3) is 11.3 Å². The molecule has 2 aromatic rings. The average Bonchev–Trinajstić information content (AvgIpc) is 2.98. The Balaban J connectivity index is 2.27. The predicted octanol–water partition coefficient (Wildman–Crippen LogP) is 4.47. The Labute approximate surface area is 164 Å². The molecule has 0 saturated heterocycles. The van der Waals surface area contributed by atoms with Crippen molar-refractivity contribution in [3.63, 3.8) is 0 Å². The first kappa shape index (κ1) is 19.5. The number of hydrogen-bond acceptors (Lipinski definition) is 4. The molecule has 0 radical (unpaired) electrons. The Morgan fingerprint density at radius 2 is 1.71 bits per heavy atom. The van der Waals surface area contributed by atoms with Crippen molar-refractivity contribution in [2.24, 2.45) is 0 Å². The topological polar surface area (TPSA) is 63.7 Å². The normalized spacial score (nSPS) is 14.7. The van der Waals surface area contributed by atoms with E-state index < -0.39 is 5.91 Å². The average molecular weight is 377 g/mol. The maximum atomic E-state index is 13.2. The number of nitrogens with zero attached hydrogens (tertiary/aromatic N) is 1. The minimum absolute atomic E-state index is 0.0102. The molecule has 0 N–H and O–H groups in total. The molecule has 1 heterocycles. The van der Waals surface area contributed by atoms with Crippen LogP contribution in [0.15, 0.2) is 48.5 Å². The fraction of sp³-hybridized carbons (Fsp3) is 0.261. The minimum atomic E-state index is -0.435. The molecule has 3 rings (SSSR count). The number of benzene rings is 2. The van der Waals surface area contributed by atoms with Crippen LogP contribution >= 0.6 is 0 Å². The molecule has 0 atom stereocenters. The SMILES string of the molecule is CCCC(=O)c1ccc2c(c1)/C(=C(\OCC)c1ccccc1)C(=O)N2C(C)=O. The van der Waals surface area contributed by atoms with Crippen molar-refractivity contribution in [1.82, 2.24) is 0 Å². The maximum Gasteiger partial charge on any atom is 0.269 e. The molecule has 0 bridgehead atoms. The van der Waals surface area contributed by atoms with Gasteiger partial charge in [-0.15, -0.1) is 0 Å². The summed E-state index contributed by atoms with van der Waals surface area (Å²) in [6.07, 6.45) is 1.17. The van der Waals surface area contributed by atoms with Gasteiger partial charge in [0.2, 0.25) is 5.91 Å². The summed E-state index contributed by atoms with van der Waals surface area (Å²) in [5.74, 6) is -0.387. The van der Waals surface area contributed by atoms with Crippen molar-refractivity contribution in [2.75, 3.05) is 11.5 Å². The van der Waals surface area contributed by atoms with Gasteiger partial charge in [0.1, 0.15) is 5.76 Å². The van der Waals surface area contributed by atoms with Gasteiger partial charge in [-0.25, -0.2) is 4.90 Å². The van der Waals surface area contributed by atoms with E-state index in [1.54, 1.807) is 18.2 Å². The monoisotopic (exact) mass is 377 g/mol. The van der Waals surface area contributed by atoms with Gasteiger partial charge in [0.05, 0.1) is 17.9 Å². The number of carbonyl (C=O) groups excluding carboxylic acids is 3. The highest BCUT2D eigenvalue weighted by Gasteiger charge is 2.38. The second-order valence-corrected chi connectivity index (χ2v) is 6.57. The highest BCUT2D eigenvalue weighted by Crippen LogP contribution is 2.42. The van der Waals surface area contributed by atoms with Gasteiger partial charge in [0.25, 0.3) is 5.91 Å². The highest BCUT2D eigenvalue weighted by molar-refractivity contribution is 6.43. The zero-order valence-electron chi connectivity index (χ0n) is 16.3. The summed E-state index contributed by atoms with van der Waals surface area (Å²) in [6, 6.07) is 14.3. The van der Waals surface area contributed by atoms with E-state index in [9.17, 15) is 14.4 Å². The Kier molecular flexibility index (Phi) is 5.73. The Morgan fingerprint density at radius 1 is 1.00 bits per heavy atom. The predicted molar refractivity (Wildman–Crippen MR) is 109 cm³/mol. The molecule has 5 nitrogen and oxygen atoms in total. The third-order valence-corrected chi connectivity index (χ3v) is 4.59. The van der Waals surface area contributed by atoms with Crippen molar-refractivity contribution in [2.45, 2.75) is 33.6 Å². The number of rotatable bonds is 6. The first-order valence-corrected chi connectivity index (χ1v) is 9.44. The molecule has 2 aromatic carbocycles. The van der Waals surface area contributed by atoms with Crippen molar-refractivity contribution >= 4 is 34.6 Å². The molecule has 28 heavy (non-hydrogen) atoms. The highest BCUT2D eigenvalue weighted by atomic mass is 16.5. The molecule has 2 amide bonds. The Hall–Kier alpha value is -3.21. The summed E-state index contributed by atoms with van der Waals surface area (Å²) in [4.78, 5) is 38.9. The van der Waals surface area contributed by atoms with Crippen LogP contribution in [-0.4, -0.2) is 24.2 Å². The van der Waals surface area contributed by atoms with Crippen LogP contribution in [0.5, 0.6) is 0 Å². The summed E-state index contributed by atoms with van der Waals surface area (Å²) in [5.41, 5.74) is 2.61. The standard InChI is InChI=1S/C23H23NO4/c1-4-9-20(26)17-12-13-19-18(14-17)21(23(27)24(19)15(3)25)22(28-5-2)16-10-7-6-8-11-16/h6-8,10-14H,4-5,9H2,1-3H3/b22-21+. The zero-order valence-corrected chi connectivity index (χ0v) is 16.3. The van der Waals surface area contributed by atoms with E-state index in [4.69, 9.17) is 4.74 Å². The number of hydrogen-bond donors (Lipinski definition) is 0. The van der Waals surface area contributed by atoms with Gasteiger partial charge in [0, 0.05) is 30.0 Å². The second kappa shape index (κ2) is 8.21. The quantitative estimate of drug-likeness (QED) is 0.423. The largest absolute Gasteiger partial charge is 0.492 e. The smallest absolute Gasteiger partial charge is 0.269 e. The zero-order chi connectivity index (χ0) is 20.3. The Bertz CT molecular complexity index is 960. The third kappa shape index (κ3) is 3.48. The molecule has 5 heteroatoms. The Morgan fingerprint density at radius 3 is 2.32 bits per heavy atom. The molecular formula is C23H23NO4. The van der Waals surface area contributed by atoms with Crippen LogP contribution in [0.1, 0.15) is 55.1 Å². The van der Waals surface area contributed by atoms with Gasteiger partial charge in [0.15, 0.2) is 5.78 Å². The third-order valence-electron chi connectivity index (χ3n) is 4.59. The van der Waals surface area contributed by atoms with Gasteiger partial charge < -0.3 is 4.74 Å². The first-order valence-electron chi connectivity index (χ1n) is 9.44. The summed E-state index contributed by atoms with van der Waals surface area (Å²) in [7, 11) is 0. The van der Waals surface area contributed by atoms with E-state index in [0.29, 0.717) is 41.2 Å². The van der Waals surface area contributed by atoms with Crippen LogP contribution in [0, 0.1) is 0 Å². The molecule has 0 unspecified atom stereocenters. The van der Waals surface area contributed by atoms with Crippen molar-refractivity contribution in [3.05, 3.63) is 65.2 Å². The molecule has 0 saturated carbocycles. The van der Waals surface area contributed by atoms with Gasteiger partial charge in [-0.2, -0.15) is 0 Å². The van der Waals surface area contributed by atoms with Crippen molar-refractivity contribution in [1.29, 1.82) is 0 Å². The first-order chi connectivity index (χ1) is 13.5. The van der Waals surface area contributed by atoms with Crippen molar-refractivity contribution < 1.29 is 19.1 Å². The maximum absolute atomic E-state index is 13.2. The number of fused-ring (bicyclic) bond motifs is 1. The summed E-state index contributed by atoms with van der Waals surface area (Å²) < 4.78 is 5.85. The van der Waals surface area contributed by atoms with Crippen LogP contribution in [0.2, 0.25) is 0 Å². The number of anilines is 1. The fourth-order valence-corrected chi connectivity index (χ4v) is 3.38. The van der Waals surface area contributed by atoms with E-state index in [-0.39, 0.29) is 11.7 Å². The molecule has 1 aliphatic heterocycles. The molecule has 0 aliphatic carbocycles. The number of ketones is 1.